The van der Waals surface area contributed by atoms with Crippen molar-refractivity contribution >= 4 is 10.0 Å². The molecular formula is C10H20N2O2S. The van der Waals surface area contributed by atoms with Gasteiger partial charge in [-0.25, -0.2) is 8.42 Å². The zero-order valence-electron chi connectivity index (χ0n) is 9.28. The summed E-state index contributed by atoms with van der Waals surface area (Å²) in [6.07, 6.45) is 3.79. The molecule has 0 radical (unpaired) electrons. The summed E-state index contributed by atoms with van der Waals surface area (Å²) in [5.74, 6) is 0.788. The van der Waals surface area contributed by atoms with Crippen LogP contribution < -0.4 is 5.73 Å². The Morgan fingerprint density at radius 2 is 2.20 bits per heavy atom. The van der Waals surface area contributed by atoms with Crippen molar-refractivity contribution in [2.75, 3.05) is 18.8 Å². The van der Waals surface area contributed by atoms with Crippen LogP contribution in [0.5, 0.6) is 0 Å². The summed E-state index contributed by atoms with van der Waals surface area (Å²) in [5, 5.41) is 0. The van der Waals surface area contributed by atoms with E-state index in [2.05, 4.69) is 0 Å². The van der Waals surface area contributed by atoms with Crippen LogP contribution in [0.15, 0.2) is 0 Å². The third kappa shape index (κ3) is 1.52. The third-order valence-electron chi connectivity index (χ3n) is 4.01. The average Bonchev–Trinajstić information content (AvgIpc) is 2.39. The Bertz CT molecular complexity index is 337. The van der Waals surface area contributed by atoms with E-state index in [0.717, 1.165) is 19.3 Å². The highest BCUT2D eigenvalue weighted by Crippen LogP contribution is 2.50. The van der Waals surface area contributed by atoms with Crippen molar-refractivity contribution in [2.24, 2.45) is 11.7 Å². The highest BCUT2D eigenvalue weighted by molar-refractivity contribution is 7.89. The quantitative estimate of drug-likeness (QED) is 0.769. The number of sulfonamides is 1. The van der Waals surface area contributed by atoms with E-state index in [-0.39, 0.29) is 11.3 Å². The molecular weight excluding hydrogens is 212 g/mol. The second-order valence-corrected chi connectivity index (χ2v) is 6.73. The zero-order chi connectivity index (χ0) is 11.1. The minimum atomic E-state index is -3.06. The fourth-order valence-corrected chi connectivity index (χ4v) is 5.06. The Balaban J connectivity index is 2.23. The summed E-state index contributed by atoms with van der Waals surface area (Å²) in [4.78, 5) is 0. The molecule has 1 saturated heterocycles. The van der Waals surface area contributed by atoms with Gasteiger partial charge >= 0.3 is 0 Å². The van der Waals surface area contributed by atoms with Crippen LogP contribution >= 0.6 is 0 Å². The van der Waals surface area contributed by atoms with Gasteiger partial charge in [0.05, 0.1) is 11.3 Å². The van der Waals surface area contributed by atoms with Crippen LogP contribution in [0.3, 0.4) is 0 Å². The van der Waals surface area contributed by atoms with Crippen LogP contribution in [0.1, 0.15) is 32.6 Å². The molecule has 2 N–H and O–H groups in total. The van der Waals surface area contributed by atoms with Gasteiger partial charge in [0.15, 0.2) is 0 Å². The number of fused-ring (bicyclic) bond motifs is 1. The molecule has 1 aliphatic heterocycles. The van der Waals surface area contributed by atoms with Crippen molar-refractivity contribution in [2.45, 2.75) is 38.1 Å². The highest BCUT2D eigenvalue weighted by Gasteiger charge is 2.57. The normalized spacial score (nSPS) is 36.3. The number of nitrogens with zero attached hydrogens (tertiary/aromatic N) is 1. The van der Waals surface area contributed by atoms with Crippen molar-refractivity contribution in [3.8, 4) is 0 Å². The molecule has 2 rings (SSSR count). The van der Waals surface area contributed by atoms with Gasteiger partial charge in [-0.1, -0.05) is 6.92 Å². The maximum Gasteiger partial charge on any atom is 0.214 e. The molecule has 0 aromatic heterocycles. The molecule has 0 aromatic rings. The smallest absolute Gasteiger partial charge is 0.214 e. The van der Waals surface area contributed by atoms with Gasteiger partial charge in [-0.3, -0.25) is 0 Å². The zero-order valence-corrected chi connectivity index (χ0v) is 10.1. The van der Waals surface area contributed by atoms with Gasteiger partial charge in [-0.15, -0.1) is 0 Å². The van der Waals surface area contributed by atoms with Gasteiger partial charge in [-0.05, 0) is 31.6 Å². The summed E-state index contributed by atoms with van der Waals surface area (Å²) in [5.41, 5.74) is 5.59. The van der Waals surface area contributed by atoms with Crippen LogP contribution in [0.4, 0.5) is 0 Å². The molecule has 0 aromatic carbocycles. The Kier molecular flexibility index (Phi) is 2.81. The van der Waals surface area contributed by atoms with E-state index in [0.29, 0.717) is 25.4 Å². The number of rotatable bonds is 4. The molecule has 1 heterocycles. The van der Waals surface area contributed by atoms with Gasteiger partial charge in [0.25, 0.3) is 0 Å². The van der Waals surface area contributed by atoms with Crippen molar-refractivity contribution in [3.05, 3.63) is 0 Å². The molecule has 0 spiro atoms. The maximum atomic E-state index is 12.1. The molecule has 2 fully saturated rings. The molecule has 2 unspecified atom stereocenters. The minimum absolute atomic E-state index is 0.200. The lowest BCUT2D eigenvalue weighted by Gasteiger charge is -2.48. The fraction of sp³-hybridized carbons (Fsp3) is 1.00. The van der Waals surface area contributed by atoms with Crippen molar-refractivity contribution in [1.29, 1.82) is 0 Å². The first-order chi connectivity index (χ1) is 7.07. The SMILES string of the molecule is CCCS(=O)(=O)N1CCC2CCC21CN. The van der Waals surface area contributed by atoms with E-state index in [1.807, 2.05) is 6.92 Å². The second kappa shape index (κ2) is 3.71. The molecule has 0 bridgehead atoms. The molecule has 88 valence electrons. The molecule has 15 heavy (non-hydrogen) atoms. The lowest BCUT2D eigenvalue weighted by molar-refractivity contribution is 0.0825. The molecule has 1 saturated carbocycles. The Hall–Kier alpha value is -0.130. The van der Waals surface area contributed by atoms with E-state index in [1.165, 1.54) is 0 Å². The van der Waals surface area contributed by atoms with Crippen LogP contribution in [0.25, 0.3) is 0 Å². The van der Waals surface area contributed by atoms with E-state index in [1.54, 1.807) is 4.31 Å². The standard InChI is InChI=1S/C10H20N2O2S/c1-2-7-15(13,14)12-6-4-9-3-5-10(9,12)8-11/h9H,2-8,11H2,1H3. The van der Waals surface area contributed by atoms with E-state index in [4.69, 9.17) is 5.73 Å². The van der Waals surface area contributed by atoms with Crippen molar-refractivity contribution < 1.29 is 8.42 Å². The van der Waals surface area contributed by atoms with E-state index < -0.39 is 10.0 Å². The monoisotopic (exact) mass is 232 g/mol. The maximum absolute atomic E-state index is 12.1. The molecule has 0 amide bonds. The molecule has 5 heteroatoms. The Labute approximate surface area is 91.9 Å². The molecule has 2 atom stereocenters. The topological polar surface area (TPSA) is 63.4 Å². The summed E-state index contributed by atoms with van der Waals surface area (Å²) in [6.45, 7) is 3.08. The Morgan fingerprint density at radius 1 is 1.47 bits per heavy atom. The molecule has 4 nitrogen and oxygen atoms in total. The predicted molar refractivity (Wildman–Crippen MR) is 59.9 cm³/mol. The Morgan fingerprint density at radius 3 is 2.67 bits per heavy atom. The lowest BCUT2D eigenvalue weighted by atomic mass is 9.68. The largest absolute Gasteiger partial charge is 0.329 e. The molecule has 2 aliphatic rings. The first-order valence-corrected chi connectivity index (χ1v) is 7.38. The van der Waals surface area contributed by atoms with E-state index >= 15 is 0 Å². The summed E-state index contributed by atoms with van der Waals surface area (Å²) in [7, 11) is -3.06. The number of hydrogen-bond donors (Lipinski definition) is 1. The second-order valence-electron chi connectivity index (χ2n) is 4.72. The third-order valence-corrected chi connectivity index (χ3v) is 6.16. The summed E-state index contributed by atoms with van der Waals surface area (Å²) in [6, 6.07) is 0. The number of nitrogens with two attached hydrogens (primary N) is 1. The minimum Gasteiger partial charge on any atom is -0.329 e. The first-order valence-electron chi connectivity index (χ1n) is 5.77. The first kappa shape index (κ1) is 11.4. The van der Waals surface area contributed by atoms with Gasteiger partial charge in [0, 0.05) is 13.1 Å². The summed E-state index contributed by atoms with van der Waals surface area (Å²) < 4.78 is 25.8. The van der Waals surface area contributed by atoms with Crippen molar-refractivity contribution in [3.63, 3.8) is 0 Å². The summed E-state index contributed by atoms with van der Waals surface area (Å²) >= 11 is 0. The van der Waals surface area contributed by atoms with Crippen LogP contribution in [0, 0.1) is 5.92 Å². The van der Waals surface area contributed by atoms with Gasteiger partial charge in [0.2, 0.25) is 10.0 Å². The fourth-order valence-electron chi connectivity index (χ4n) is 3.07. The highest BCUT2D eigenvalue weighted by atomic mass is 32.2. The van der Waals surface area contributed by atoms with Crippen LogP contribution in [-0.2, 0) is 10.0 Å². The average molecular weight is 232 g/mol. The van der Waals surface area contributed by atoms with Gasteiger partial charge in [0.1, 0.15) is 0 Å². The predicted octanol–water partition coefficient (Wildman–Crippen LogP) is 0.539. The van der Waals surface area contributed by atoms with Gasteiger partial charge < -0.3 is 5.73 Å². The lowest BCUT2D eigenvalue weighted by Crippen LogP contribution is -2.60. The number of hydrogen-bond acceptors (Lipinski definition) is 3. The van der Waals surface area contributed by atoms with Crippen molar-refractivity contribution in [1.82, 2.24) is 4.31 Å². The van der Waals surface area contributed by atoms with E-state index in [9.17, 15) is 8.42 Å². The van der Waals surface area contributed by atoms with Gasteiger partial charge in [-0.2, -0.15) is 4.31 Å². The van der Waals surface area contributed by atoms with Crippen LogP contribution in [0.2, 0.25) is 0 Å². The van der Waals surface area contributed by atoms with Crippen LogP contribution in [-0.4, -0.2) is 37.1 Å². The molecule has 1 aliphatic carbocycles.